The molecule has 0 amide bonds. The van der Waals surface area contributed by atoms with Crippen LogP contribution in [0.5, 0.6) is 0 Å². The molecular formula is C21H26F4N2. The van der Waals surface area contributed by atoms with Gasteiger partial charge in [0.25, 0.3) is 0 Å². The van der Waals surface area contributed by atoms with E-state index < -0.39 is 17.6 Å². The zero-order valence-corrected chi connectivity index (χ0v) is 16.0. The molecular weight excluding hydrogens is 356 g/mol. The molecule has 0 heterocycles. The fraction of sp³-hybridized carbons (Fsp3) is 0.429. The van der Waals surface area contributed by atoms with Crippen LogP contribution in [-0.2, 0) is 25.7 Å². The molecule has 148 valence electrons. The fourth-order valence-corrected chi connectivity index (χ4v) is 2.97. The summed E-state index contributed by atoms with van der Waals surface area (Å²) in [4.78, 5) is 3.82. The number of halogens is 4. The van der Waals surface area contributed by atoms with Crippen LogP contribution in [0.1, 0.15) is 29.2 Å². The van der Waals surface area contributed by atoms with Crippen LogP contribution >= 0.6 is 0 Å². The van der Waals surface area contributed by atoms with E-state index in [-0.39, 0.29) is 12.1 Å². The zero-order valence-electron chi connectivity index (χ0n) is 16.0. The molecule has 0 aliphatic rings. The molecule has 2 rings (SSSR count). The third-order valence-corrected chi connectivity index (χ3v) is 4.48. The Bertz CT molecular complexity index is 741. The van der Waals surface area contributed by atoms with Crippen LogP contribution in [0.4, 0.5) is 17.6 Å². The fourth-order valence-electron chi connectivity index (χ4n) is 2.97. The predicted octanol–water partition coefficient (Wildman–Crippen LogP) is 4.97. The maximum absolute atomic E-state index is 14.3. The first-order valence-corrected chi connectivity index (χ1v) is 9.00. The van der Waals surface area contributed by atoms with Crippen LogP contribution in [0.25, 0.3) is 0 Å². The van der Waals surface area contributed by atoms with Crippen LogP contribution in [0.3, 0.4) is 0 Å². The Balaban J connectivity index is 2.30. The number of hydrogen-bond acceptors (Lipinski definition) is 2. The highest BCUT2D eigenvalue weighted by Crippen LogP contribution is 2.33. The van der Waals surface area contributed by atoms with Crippen molar-refractivity contribution in [2.45, 2.75) is 32.6 Å². The second-order valence-corrected chi connectivity index (χ2v) is 6.95. The highest BCUT2D eigenvalue weighted by Gasteiger charge is 2.34. The first kappa shape index (κ1) is 21.4. The molecule has 2 aromatic carbocycles. The average molecular weight is 382 g/mol. The number of likely N-dealkylation sites (N-methyl/N-ethyl adjacent to an activating group) is 1. The van der Waals surface area contributed by atoms with Gasteiger partial charge in [0.05, 0.1) is 5.56 Å². The van der Waals surface area contributed by atoms with E-state index in [1.165, 1.54) is 5.56 Å². The van der Waals surface area contributed by atoms with Gasteiger partial charge in [-0.2, -0.15) is 13.2 Å². The molecule has 0 N–H and O–H groups in total. The molecule has 2 aromatic rings. The quantitative estimate of drug-likeness (QED) is 0.595. The van der Waals surface area contributed by atoms with Crippen molar-refractivity contribution in [2.75, 3.05) is 27.2 Å². The Morgan fingerprint density at radius 2 is 1.56 bits per heavy atom. The normalized spacial score (nSPS) is 12.2. The number of rotatable bonds is 8. The lowest BCUT2D eigenvalue weighted by Gasteiger charge is -2.26. The number of nitrogens with zero attached hydrogens (tertiary/aromatic N) is 2. The number of aryl methyl sites for hydroxylation is 1. The van der Waals surface area contributed by atoms with E-state index in [9.17, 15) is 17.6 Å². The molecule has 0 radical (unpaired) electrons. The summed E-state index contributed by atoms with van der Waals surface area (Å²) in [7, 11) is 3.81. The van der Waals surface area contributed by atoms with Crippen molar-refractivity contribution in [3.8, 4) is 0 Å². The topological polar surface area (TPSA) is 6.48 Å². The lowest BCUT2D eigenvalue weighted by molar-refractivity contribution is -0.138. The summed E-state index contributed by atoms with van der Waals surface area (Å²) in [5.41, 5.74) is 0.981. The van der Waals surface area contributed by atoms with Crippen molar-refractivity contribution < 1.29 is 17.6 Å². The molecule has 0 aromatic heterocycles. The van der Waals surface area contributed by atoms with Crippen molar-refractivity contribution in [3.05, 3.63) is 70.5 Å². The molecule has 0 fully saturated rings. The van der Waals surface area contributed by atoms with E-state index in [2.05, 4.69) is 13.0 Å². The van der Waals surface area contributed by atoms with Crippen molar-refractivity contribution in [1.82, 2.24) is 9.80 Å². The standard InChI is InChI=1S/C21H26F4N2/c1-4-16-7-5-8-17(13-16)14-27(12-11-26(2)3)15-18-19(21(23,24)25)9-6-10-20(18)22/h5-10,13H,4,11-12,14-15H2,1-3H3. The highest BCUT2D eigenvalue weighted by atomic mass is 19.4. The van der Waals surface area contributed by atoms with Gasteiger partial charge in [-0.15, -0.1) is 0 Å². The summed E-state index contributed by atoms with van der Waals surface area (Å²) in [6.07, 6.45) is -3.69. The van der Waals surface area contributed by atoms with Gasteiger partial charge in [0.1, 0.15) is 5.82 Å². The van der Waals surface area contributed by atoms with Gasteiger partial charge in [0.15, 0.2) is 0 Å². The SMILES string of the molecule is CCc1cccc(CN(CCN(C)C)Cc2c(F)cccc2C(F)(F)F)c1. The summed E-state index contributed by atoms with van der Waals surface area (Å²) in [6, 6.07) is 11.1. The Hall–Kier alpha value is -1.92. The van der Waals surface area contributed by atoms with Crippen LogP contribution < -0.4 is 0 Å². The lowest BCUT2D eigenvalue weighted by Crippen LogP contribution is -2.32. The molecule has 0 saturated carbocycles. The van der Waals surface area contributed by atoms with Crippen LogP contribution in [0.15, 0.2) is 42.5 Å². The van der Waals surface area contributed by atoms with E-state index >= 15 is 0 Å². The molecule has 0 saturated heterocycles. The monoisotopic (exact) mass is 382 g/mol. The Morgan fingerprint density at radius 1 is 0.889 bits per heavy atom. The molecule has 27 heavy (non-hydrogen) atoms. The van der Waals surface area contributed by atoms with Gasteiger partial charge >= 0.3 is 6.18 Å². The maximum Gasteiger partial charge on any atom is 0.416 e. The molecule has 0 unspecified atom stereocenters. The van der Waals surface area contributed by atoms with E-state index in [0.717, 1.165) is 30.2 Å². The highest BCUT2D eigenvalue weighted by molar-refractivity contribution is 5.31. The summed E-state index contributed by atoms with van der Waals surface area (Å²) in [5.74, 6) is -0.818. The van der Waals surface area contributed by atoms with Crippen molar-refractivity contribution in [1.29, 1.82) is 0 Å². The van der Waals surface area contributed by atoms with E-state index in [1.54, 1.807) is 0 Å². The van der Waals surface area contributed by atoms with Gasteiger partial charge in [-0.05, 0) is 43.8 Å². The molecule has 6 heteroatoms. The van der Waals surface area contributed by atoms with E-state index in [1.807, 2.05) is 42.1 Å². The minimum atomic E-state index is -4.58. The minimum Gasteiger partial charge on any atom is -0.308 e. The molecule has 0 spiro atoms. The van der Waals surface area contributed by atoms with E-state index in [0.29, 0.717) is 19.6 Å². The minimum absolute atomic E-state index is 0.0916. The second kappa shape index (κ2) is 9.33. The maximum atomic E-state index is 14.3. The molecule has 0 atom stereocenters. The first-order chi connectivity index (χ1) is 12.7. The molecule has 0 bridgehead atoms. The van der Waals surface area contributed by atoms with Gasteiger partial charge in [-0.1, -0.05) is 37.3 Å². The Morgan fingerprint density at radius 3 is 2.19 bits per heavy atom. The summed E-state index contributed by atoms with van der Waals surface area (Å²) < 4.78 is 54.2. The van der Waals surface area contributed by atoms with Gasteiger partial charge in [-0.3, -0.25) is 4.90 Å². The van der Waals surface area contributed by atoms with Crippen LogP contribution in [0.2, 0.25) is 0 Å². The predicted molar refractivity (Wildman–Crippen MR) is 99.9 cm³/mol. The van der Waals surface area contributed by atoms with Crippen LogP contribution in [0, 0.1) is 5.82 Å². The lowest BCUT2D eigenvalue weighted by atomic mass is 10.0. The van der Waals surface area contributed by atoms with Gasteiger partial charge < -0.3 is 4.90 Å². The first-order valence-electron chi connectivity index (χ1n) is 9.00. The number of alkyl halides is 3. The van der Waals surface area contributed by atoms with Crippen molar-refractivity contribution >= 4 is 0 Å². The zero-order chi connectivity index (χ0) is 20.0. The largest absolute Gasteiger partial charge is 0.416 e. The van der Waals surface area contributed by atoms with E-state index in [4.69, 9.17) is 0 Å². The smallest absolute Gasteiger partial charge is 0.308 e. The molecule has 0 aliphatic carbocycles. The average Bonchev–Trinajstić information content (AvgIpc) is 2.60. The third kappa shape index (κ3) is 6.33. The molecule has 2 nitrogen and oxygen atoms in total. The molecule has 0 aliphatic heterocycles. The third-order valence-electron chi connectivity index (χ3n) is 4.48. The Kier molecular flexibility index (Phi) is 7.39. The van der Waals surface area contributed by atoms with Gasteiger partial charge in [0, 0.05) is 31.7 Å². The second-order valence-electron chi connectivity index (χ2n) is 6.95. The van der Waals surface area contributed by atoms with Crippen molar-refractivity contribution in [2.24, 2.45) is 0 Å². The summed E-state index contributed by atoms with van der Waals surface area (Å²) >= 11 is 0. The van der Waals surface area contributed by atoms with Gasteiger partial charge in [0.2, 0.25) is 0 Å². The summed E-state index contributed by atoms with van der Waals surface area (Å²) in [6.45, 7) is 3.63. The summed E-state index contributed by atoms with van der Waals surface area (Å²) in [5, 5.41) is 0. The van der Waals surface area contributed by atoms with Gasteiger partial charge in [-0.25, -0.2) is 4.39 Å². The Labute approximate surface area is 158 Å². The van der Waals surface area contributed by atoms with Crippen LogP contribution in [-0.4, -0.2) is 37.0 Å². The number of hydrogen-bond donors (Lipinski definition) is 0. The van der Waals surface area contributed by atoms with Crippen molar-refractivity contribution in [3.63, 3.8) is 0 Å². The number of benzene rings is 2.